The number of H-pyrrole nitrogens is 1. The van der Waals surface area contributed by atoms with Crippen molar-refractivity contribution in [2.45, 2.75) is 26.9 Å². The van der Waals surface area contributed by atoms with Crippen molar-refractivity contribution >= 4 is 17.7 Å². The zero-order valence-corrected chi connectivity index (χ0v) is 11.0. The highest BCUT2D eigenvalue weighted by molar-refractivity contribution is 5.87. The summed E-state index contributed by atoms with van der Waals surface area (Å²) < 4.78 is 5.07. The van der Waals surface area contributed by atoms with Crippen LogP contribution in [0.2, 0.25) is 0 Å². The quantitative estimate of drug-likeness (QED) is 0.815. The van der Waals surface area contributed by atoms with Crippen molar-refractivity contribution in [3.8, 4) is 0 Å². The number of nitrogens with one attached hydrogen (secondary N) is 2. The van der Waals surface area contributed by atoms with Gasteiger partial charge in [-0.3, -0.25) is 5.10 Å². The molecular weight excluding hydrogens is 246 g/mol. The van der Waals surface area contributed by atoms with Gasteiger partial charge in [-0.1, -0.05) is 0 Å². The molecule has 7 nitrogen and oxygen atoms in total. The average Bonchev–Trinajstić information content (AvgIpc) is 2.74. The van der Waals surface area contributed by atoms with Gasteiger partial charge in [0.15, 0.2) is 11.5 Å². The fourth-order valence-electron chi connectivity index (χ4n) is 1.40. The minimum Gasteiger partial charge on any atom is -0.458 e. The Balaban J connectivity index is 2.13. The largest absolute Gasteiger partial charge is 0.458 e. The molecule has 0 saturated heterocycles. The molecule has 0 atom stereocenters. The number of aromatic nitrogens is 4. The molecule has 0 bridgehead atoms. The molecule has 0 aliphatic heterocycles. The van der Waals surface area contributed by atoms with Gasteiger partial charge < -0.3 is 10.1 Å². The number of carbonyl (C=O) groups is 1. The van der Waals surface area contributed by atoms with Gasteiger partial charge in [0.2, 0.25) is 5.95 Å². The minimum absolute atomic E-state index is 0.187. The molecule has 0 spiro atoms. The zero-order chi connectivity index (χ0) is 13.8. The van der Waals surface area contributed by atoms with Gasteiger partial charge in [0.25, 0.3) is 0 Å². The predicted octanol–water partition coefficient (Wildman–Crippen LogP) is 1.82. The van der Waals surface area contributed by atoms with Gasteiger partial charge in [-0.15, -0.1) is 0 Å². The maximum atomic E-state index is 11.7. The van der Waals surface area contributed by atoms with Gasteiger partial charge in [0.1, 0.15) is 0 Å². The Kier molecular flexibility index (Phi) is 3.74. The Bertz CT molecular complexity index is 579. The number of aryl methyl sites for hydroxylation is 1. The Morgan fingerprint density at radius 2 is 2.26 bits per heavy atom. The average molecular weight is 261 g/mol. The second-order valence-corrected chi connectivity index (χ2v) is 4.28. The summed E-state index contributed by atoms with van der Waals surface area (Å²) >= 11 is 0. The molecule has 2 aromatic rings. The van der Waals surface area contributed by atoms with Crippen molar-refractivity contribution in [1.29, 1.82) is 0 Å². The van der Waals surface area contributed by atoms with Crippen LogP contribution in [0.15, 0.2) is 18.3 Å². The number of esters is 1. The third kappa shape index (κ3) is 3.51. The highest BCUT2D eigenvalue weighted by atomic mass is 16.5. The van der Waals surface area contributed by atoms with Crippen LogP contribution in [0, 0.1) is 6.92 Å². The summed E-state index contributed by atoms with van der Waals surface area (Å²) in [5.74, 6) is 0.412. The first-order chi connectivity index (χ1) is 9.04. The van der Waals surface area contributed by atoms with Crippen LogP contribution in [0.1, 0.15) is 30.0 Å². The fraction of sp³-hybridized carbons (Fsp3) is 0.333. The first-order valence-electron chi connectivity index (χ1n) is 5.87. The number of carbonyl (C=O) groups excluding carboxylic acids is 1. The lowest BCUT2D eigenvalue weighted by Crippen LogP contribution is -2.14. The SMILES string of the molecule is Cc1cc(Nc2nccc(C(=O)OC(C)C)n2)n[nH]1. The maximum Gasteiger partial charge on any atom is 0.357 e. The molecule has 0 saturated carbocycles. The Labute approximate surface area is 110 Å². The molecule has 0 radical (unpaired) electrons. The van der Waals surface area contributed by atoms with E-state index in [0.717, 1.165) is 5.69 Å². The first kappa shape index (κ1) is 13.0. The molecule has 0 aromatic carbocycles. The van der Waals surface area contributed by atoms with Crippen molar-refractivity contribution < 1.29 is 9.53 Å². The lowest BCUT2D eigenvalue weighted by atomic mass is 10.4. The highest BCUT2D eigenvalue weighted by Gasteiger charge is 2.12. The van der Waals surface area contributed by atoms with E-state index in [1.54, 1.807) is 13.8 Å². The monoisotopic (exact) mass is 261 g/mol. The van der Waals surface area contributed by atoms with Crippen LogP contribution in [0.4, 0.5) is 11.8 Å². The normalized spacial score (nSPS) is 10.5. The highest BCUT2D eigenvalue weighted by Crippen LogP contribution is 2.11. The molecule has 2 heterocycles. The topological polar surface area (TPSA) is 92.8 Å². The van der Waals surface area contributed by atoms with Gasteiger partial charge in [0.05, 0.1) is 6.10 Å². The second kappa shape index (κ2) is 5.47. The number of nitrogens with zero attached hydrogens (tertiary/aromatic N) is 3. The third-order valence-corrected chi connectivity index (χ3v) is 2.15. The zero-order valence-electron chi connectivity index (χ0n) is 11.0. The van der Waals surface area contributed by atoms with Crippen molar-refractivity contribution in [2.24, 2.45) is 0 Å². The Hall–Kier alpha value is -2.44. The van der Waals surface area contributed by atoms with E-state index in [-0.39, 0.29) is 11.8 Å². The molecule has 2 rings (SSSR count). The summed E-state index contributed by atoms with van der Waals surface area (Å²) in [4.78, 5) is 19.8. The van der Waals surface area contributed by atoms with Crippen molar-refractivity contribution in [3.05, 3.63) is 29.7 Å². The summed E-state index contributed by atoms with van der Waals surface area (Å²) in [6.45, 7) is 5.45. The summed E-state index contributed by atoms with van der Waals surface area (Å²) in [7, 11) is 0. The number of ether oxygens (including phenoxy) is 1. The van der Waals surface area contributed by atoms with Crippen LogP contribution in [0.25, 0.3) is 0 Å². The van der Waals surface area contributed by atoms with E-state index in [1.807, 2.05) is 13.0 Å². The second-order valence-electron chi connectivity index (χ2n) is 4.28. The number of rotatable bonds is 4. The standard InChI is InChI=1S/C12H15N5O2/c1-7(2)19-11(18)9-4-5-13-12(14-9)15-10-6-8(3)16-17-10/h4-7H,1-3H3,(H2,13,14,15,16,17). The van der Waals surface area contributed by atoms with Crippen LogP contribution >= 0.6 is 0 Å². The summed E-state index contributed by atoms with van der Waals surface area (Å²) in [5.41, 5.74) is 1.12. The molecule has 0 fully saturated rings. The van der Waals surface area contributed by atoms with Crippen LogP contribution in [-0.2, 0) is 4.74 Å². The van der Waals surface area contributed by atoms with Gasteiger partial charge in [-0.25, -0.2) is 14.8 Å². The number of hydrogen-bond acceptors (Lipinski definition) is 6. The van der Waals surface area contributed by atoms with Gasteiger partial charge in [0, 0.05) is 18.0 Å². The molecule has 100 valence electrons. The van der Waals surface area contributed by atoms with Crippen LogP contribution in [-0.4, -0.2) is 32.2 Å². The summed E-state index contributed by atoms with van der Waals surface area (Å²) in [6, 6.07) is 3.31. The van der Waals surface area contributed by atoms with E-state index in [1.165, 1.54) is 12.3 Å². The molecule has 0 aliphatic rings. The molecule has 0 amide bonds. The molecule has 7 heteroatoms. The lowest BCUT2D eigenvalue weighted by Gasteiger charge is -2.07. The predicted molar refractivity (Wildman–Crippen MR) is 69.2 cm³/mol. The smallest absolute Gasteiger partial charge is 0.357 e. The number of hydrogen-bond donors (Lipinski definition) is 2. The molecule has 2 aromatic heterocycles. The van der Waals surface area contributed by atoms with E-state index < -0.39 is 5.97 Å². The van der Waals surface area contributed by atoms with E-state index >= 15 is 0 Å². The summed E-state index contributed by atoms with van der Waals surface area (Å²) in [6.07, 6.45) is 1.30. The molecule has 2 N–H and O–H groups in total. The number of aromatic amines is 1. The lowest BCUT2D eigenvalue weighted by molar-refractivity contribution is 0.0371. The van der Waals surface area contributed by atoms with Gasteiger partial charge in [-0.05, 0) is 26.8 Å². The van der Waals surface area contributed by atoms with E-state index in [9.17, 15) is 4.79 Å². The van der Waals surface area contributed by atoms with E-state index in [0.29, 0.717) is 11.8 Å². The van der Waals surface area contributed by atoms with E-state index in [2.05, 4.69) is 25.5 Å². The van der Waals surface area contributed by atoms with Gasteiger partial charge in [-0.2, -0.15) is 5.10 Å². The number of anilines is 2. The van der Waals surface area contributed by atoms with Crippen molar-refractivity contribution in [1.82, 2.24) is 20.2 Å². The Morgan fingerprint density at radius 1 is 1.47 bits per heavy atom. The van der Waals surface area contributed by atoms with Crippen LogP contribution < -0.4 is 5.32 Å². The molecule has 19 heavy (non-hydrogen) atoms. The third-order valence-electron chi connectivity index (χ3n) is 2.15. The van der Waals surface area contributed by atoms with Crippen molar-refractivity contribution in [3.63, 3.8) is 0 Å². The van der Waals surface area contributed by atoms with E-state index in [4.69, 9.17) is 4.74 Å². The minimum atomic E-state index is -0.473. The van der Waals surface area contributed by atoms with Crippen LogP contribution in [0.5, 0.6) is 0 Å². The first-order valence-corrected chi connectivity index (χ1v) is 5.87. The molecular formula is C12H15N5O2. The molecule has 0 unspecified atom stereocenters. The fourth-order valence-corrected chi connectivity index (χ4v) is 1.40. The van der Waals surface area contributed by atoms with Crippen LogP contribution in [0.3, 0.4) is 0 Å². The van der Waals surface area contributed by atoms with Crippen molar-refractivity contribution in [2.75, 3.05) is 5.32 Å². The Morgan fingerprint density at radius 3 is 2.89 bits per heavy atom. The van der Waals surface area contributed by atoms with Gasteiger partial charge >= 0.3 is 5.97 Å². The maximum absolute atomic E-state index is 11.7. The molecule has 0 aliphatic carbocycles. The summed E-state index contributed by atoms with van der Waals surface area (Å²) in [5, 5.41) is 9.70.